The summed E-state index contributed by atoms with van der Waals surface area (Å²) in [6.45, 7) is 29.9. The average molecular weight is 1130 g/mol. The molecule has 12 aromatic carbocycles. The van der Waals surface area contributed by atoms with E-state index in [1.54, 1.807) is 0 Å². The van der Waals surface area contributed by atoms with Crippen molar-refractivity contribution in [2.75, 3.05) is 9.80 Å². The minimum Gasteiger partial charge on any atom is -0.457 e. The van der Waals surface area contributed by atoms with Crippen LogP contribution in [0.25, 0.3) is 75.4 Å². The van der Waals surface area contributed by atoms with Crippen LogP contribution in [0.2, 0.25) is 0 Å². The number of hydrogen-bond donors (Lipinski definition) is 0. The second-order valence-electron chi connectivity index (χ2n) is 27.3. The topological polar surface area (TPSA) is 93.2 Å². The van der Waals surface area contributed by atoms with Crippen LogP contribution in [0.4, 0.5) is 11.4 Å². The van der Waals surface area contributed by atoms with Gasteiger partial charge in [-0.2, -0.15) is 0 Å². The molecule has 0 aromatic heterocycles. The first-order valence-electron chi connectivity index (χ1n) is 30.4. The van der Waals surface area contributed by atoms with Gasteiger partial charge in [0.1, 0.15) is 23.0 Å². The SMILES string of the molecule is CC(C)c1cccc(C(C)C)c1N1C(=O)c2ccc3c4ccc5c6c(Oc7ccc(C(C)(C)C)cc7)cc7c8c(cc(Oc9ccc(C(C)(C)C)cc9)c(c9ccc(c%10ccc(c2c3%10)C1=O)c4c59)c86)C(=O)N(c1c(C(C)C)cccc1C(C)C)C7=O. The van der Waals surface area contributed by atoms with Gasteiger partial charge in [0.25, 0.3) is 23.6 Å². The Morgan fingerprint density at radius 1 is 0.314 bits per heavy atom. The molecular weight excluding hydrogens is 1060 g/mol. The van der Waals surface area contributed by atoms with Crippen LogP contribution in [-0.2, 0) is 10.8 Å². The van der Waals surface area contributed by atoms with Crippen LogP contribution in [0.1, 0.15) is 195 Å². The van der Waals surface area contributed by atoms with Crippen molar-refractivity contribution in [3.8, 4) is 23.0 Å². The van der Waals surface area contributed by atoms with Crippen molar-refractivity contribution in [3.63, 3.8) is 0 Å². The summed E-state index contributed by atoms with van der Waals surface area (Å²) in [4.78, 5) is 65.3. The molecule has 0 fully saturated rings. The summed E-state index contributed by atoms with van der Waals surface area (Å²) < 4.78 is 14.5. The third-order valence-electron chi connectivity index (χ3n) is 18.5. The third kappa shape index (κ3) is 7.94. The van der Waals surface area contributed by atoms with Crippen molar-refractivity contribution in [2.45, 2.75) is 131 Å². The summed E-state index contributed by atoms with van der Waals surface area (Å²) in [5.74, 6) is 0.711. The van der Waals surface area contributed by atoms with E-state index >= 15 is 19.2 Å². The minimum atomic E-state index is -0.424. The van der Waals surface area contributed by atoms with Crippen LogP contribution in [0, 0.1) is 0 Å². The van der Waals surface area contributed by atoms with Gasteiger partial charge in [-0.1, -0.05) is 194 Å². The van der Waals surface area contributed by atoms with E-state index in [9.17, 15) is 0 Å². The molecule has 12 aromatic rings. The first kappa shape index (κ1) is 54.8. The third-order valence-corrected chi connectivity index (χ3v) is 18.5. The Hall–Kier alpha value is -9.14. The first-order valence-corrected chi connectivity index (χ1v) is 30.4. The van der Waals surface area contributed by atoms with Gasteiger partial charge < -0.3 is 9.47 Å². The Kier molecular flexibility index (Phi) is 12.2. The molecule has 2 aliphatic rings. The first-order chi connectivity index (χ1) is 40.9. The molecule has 2 heterocycles. The molecule has 0 radical (unpaired) electrons. The summed E-state index contributed by atoms with van der Waals surface area (Å²) in [5, 5.41) is 11.6. The predicted octanol–water partition coefficient (Wildman–Crippen LogP) is 20.9. The zero-order valence-corrected chi connectivity index (χ0v) is 51.5. The lowest BCUT2D eigenvalue weighted by atomic mass is 9.80. The molecule has 0 spiro atoms. The molecule has 0 atom stereocenters. The molecule has 0 unspecified atom stereocenters. The van der Waals surface area contributed by atoms with Crippen molar-refractivity contribution in [1.29, 1.82) is 0 Å². The zero-order chi connectivity index (χ0) is 60.5. The van der Waals surface area contributed by atoms with Crippen LogP contribution in [-0.4, -0.2) is 23.6 Å². The van der Waals surface area contributed by atoms with Crippen molar-refractivity contribution >= 4 is 110 Å². The fourth-order valence-electron chi connectivity index (χ4n) is 14.2. The highest BCUT2D eigenvalue weighted by molar-refractivity contribution is 6.48. The summed E-state index contributed by atoms with van der Waals surface area (Å²) in [7, 11) is 0. The van der Waals surface area contributed by atoms with E-state index in [4.69, 9.17) is 9.47 Å². The lowest BCUT2D eigenvalue weighted by Crippen LogP contribution is -2.42. The van der Waals surface area contributed by atoms with E-state index in [0.717, 1.165) is 92.6 Å². The van der Waals surface area contributed by atoms with E-state index in [1.165, 1.54) is 9.80 Å². The second-order valence-corrected chi connectivity index (χ2v) is 27.3. The van der Waals surface area contributed by atoms with Gasteiger partial charge in [-0.15, -0.1) is 0 Å². The maximum atomic E-state index is 16.0. The van der Waals surface area contributed by atoms with Crippen molar-refractivity contribution in [1.82, 2.24) is 0 Å². The van der Waals surface area contributed by atoms with E-state index in [-0.39, 0.29) is 46.3 Å². The molecule has 8 nitrogen and oxygen atoms in total. The minimum absolute atomic E-state index is 0.00406. The van der Waals surface area contributed by atoms with Crippen LogP contribution in [0.5, 0.6) is 23.0 Å². The number of carbonyl (C=O) groups excluding carboxylic acids is 4. The molecule has 0 saturated carbocycles. The number of para-hydroxylation sites is 2. The molecule has 8 heteroatoms. The number of hydrogen-bond acceptors (Lipinski definition) is 6. The van der Waals surface area contributed by atoms with Crippen molar-refractivity contribution < 1.29 is 28.7 Å². The lowest BCUT2D eigenvalue weighted by Gasteiger charge is -2.33. The highest BCUT2D eigenvalue weighted by atomic mass is 16.5. The molecule has 2 aliphatic heterocycles. The maximum absolute atomic E-state index is 16.0. The second kappa shape index (κ2) is 19.2. The van der Waals surface area contributed by atoms with Crippen LogP contribution in [0.15, 0.2) is 146 Å². The number of fused-ring (bicyclic) bond motifs is 4. The highest BCUT2D eigenvalue weighted by Crippen LogP contribution is 2.56. The molecule has 428 valence electrons. The van der Waals surface area contributed by atoms with Gasteiger partial charge in [0.2, 0.25) is 0 Å². The molecule has 0 saturated heterocycles. The number of imide groups is 2. The zero-order valence-electron chi connectivity index (χ0n) is 51.5. The lowest BCUT2D eigenvalue weighted by molar-refractivity contribution is 0.0877. The molecule has 0 aliphatic carbocycles. The van der Waals surface area contributed by atoms with Gasteiger partial charge in [0.05, 0.1) is 22.5 Å². The van der Waals surface area contributed by atoms with E-state index < -0.39 is 11.8 Å². The predicted molar refractivity (Wildman–Crippen MR) is 353 cm³/mol. The number of carbonyl (C=O) groups is 4. The average Bonchev–Trinajstić information content (AvgIpc) is 1.10. The highest BCUT2D eigenvalue weighted by Gasteiger charge is 2.42. The fraction of sp³-hybridized carbons (Fsp3) is 0.256. The van der Waals surface area contributed by atoms with Gasteiger partial charge in [-0.05, 0) is 165 Å². The number of nitrogens with zero attached hydrogens (tertiary/aromatic N) is 2. The van der Waals surface area contributed by atoms with Gasteiger partial charge in [-0.25, -0.2) is 9.80 Å². The molecule has 0 N–H and O–H groups in total. The van der Waals surface area contributed by atoms with Crippen LogP contribution < -0.4 is 19.3 Å². The summed E-state index contributed by atoms with van der Waals surface area (Å²) >= 11 is 0. The fourth-order valence-corrected chi connectivity index (χ4v) is 14.2. The molecular formula is C78H70N2O6. The van der Waals surface area contributed by atoms with Crippen molar-refractivity contribution in [3.05, 3.63) is 201 Å². The van der Waals surface area contributed by atoms with Gasteiger partial charge in [0, 0.05) is 38.1 Å². The molecule has 0 bridgehead atoms. The number of benzene rings is 12. The molecule has 4 amide bonds. The van der Waals surface area contributed by atoms with E-state index in [2.05, 4.69) is 158 Å². The Bertz CT molecular complexity index is 4630. The number of amides is 4. The molecule has 14 rings (SSSR count). The van der Waals surface area contributed by atoms with Gasteiger partial charge in [-0.3, -0.25) is 19.2 Å². The Morgan fingerprint density at radius 2 is 0.605 bits per heavy atom. The maximum Gasteiger partial charge on any atom is 0.266 e. The van der Waals surface area contributed by atoms with Crippen molar-refractivity contribution in [2.24, 2.45) is 0 Å². The quantitative estimate of drug-likeness (QED) is 0.0769. The van der Waals surface area contributed by atoms with E-state index in [1.807, 2.05) is 84.9 Å². The summed E-state index contributed by atoms with van der Waals surface area (Å²) in [6.07, 6.45) is 0. The largest absolute Gasteiger partial charge is 0.457 e. The van der Waals surface area contributed by atoms with Crippen LogP contribution >= 0.6 is 0 Å². The smallest absolute Gasteiger partial charge is 0.266 e. The van der Waals surface area contributed by atoms with Crippen LogP contribution in [0.3, 0.4) is 0 Å². The van der Waals surface area contributed by atoms with Gasteiger partial charge >= 0.3 is 0 Å². The summed E-state index contributed by atoms with van der Waals surface area (Å²) in [5.41, 5.74) is 8.76. The Morgan fingerprint density at radius 3 is 0.942 bits per heavy atom. The summed E-state index contributed by atoms with van der Waals surface area (Å²) in [6, 6.07) is 48.7. The Labute approximate surface area is 502 Å². The number of anilines is 2. The van der Waals surface area contributed by atoms with E-state index in [0.29, 0.717) is 72.8 Å². The molecule has 86 heavy (non-hydrogen) atoms. The number of rotatable bonds is 10. The number of ether oxygens (including phenoxy) is 2. The standard InChI is InChI=1S/C78H70N2O6/c1-39(2)47-17-15-18-48(40(3)4)71(47)79-73(81)57-35-31-53-51-29-33-55-65-56(34-30-52(63(51)65)54-32-36-58(74(79)82)66(57)64(53)54)69-62(86-46-27-23-44(24-28-46)78(12,13)14)38-60-67-59(37-61(68(55)70(67)69)85-45-25-21-43(22-26-45)77(9,10)11)75(83)80(76(60)84)72-49(41(5)6)19-16-20-50(72)42(7)8/h15-42H,1-14H3. The van der Waals surface area contributed by atoms with Gasteiger partial charge in [0.15, 0.2) is 0 Å². The normalized spacial score (nSPS) is 14.2. The monoisotopic (exact) mass is 1130 g/mol. The Balaban J connectivity index is 1.09.